The smallest absolute Gasteiger partial charge is 0.127 e. The van der Waals surface area contributed by atoms with Gasteiger partial charge >= 0.3 is 0 Å². The number of ether oxygens (including phenoxy) is 2. The van der Waals surface area contributed by atoms with Crippen LogP contribution in [0.2, 0.25) is 0 Å². The van der Waals surface area contributed by atoms with Crippen LogP contribution in [0, 0.1) is 5.82 Å². The number of hydrogen-bond acceptors (Lipinski definition) is 4. The predicted octanol–water partition coefficient (Wildman–Crippen LogP) is 4.98. The summed E-state index contributed by atoms with van der Waals surface area (Å²) in [5.41, 5.74) is 4.51. The van der Waals surface area contributed by atoms with Gasteiger partial charge < -0.3 is 9.47 Å². The average molecular weight is 437 g/mol. The third-order valence-electron chi connectivity index (χ3n) is 6.85. The molecule has 0 aliphatic carbocycles. The Morgan fingerprint density at radius 3 is 2.34 bits per heavy atom. The van der Waals surface area contributed by atoms with Crippen LogP contribution in [-0.2, 0) is 0 Å². The molecule has 0 aromatic heterocycles. The van der Waals surface area contributed by atoms with E-state index >= 15 is 0 Å². The van der Waals surface area contributed by atoms with Crippen LogP contribution in [0.25, 0.3) is 5.57 Å². The topological polar surface area (TPSA) is 24.9 Å². The van der Waals surface area contributed by atoms with Crippen LogP contribution >= 0.6 is 0 Å². The van der Waals surface area contributed by atoms with Gasteiger partial charge in [0.15, 0.2) is 0 Å². The summed E-state index contributed by atoms with van der Waals surface area (Å²) in [6.07, 6.45) is 6.45. The number of likely N-dealkylation sites (tertiary alicyclic amines) is 2. The van der Waals surface area contributed by atoms with Crippen molar-refractivity contribution in [2.24, 2.45) is 0 Å². The second-order valence-electron chi connectivity index (χ2n) is 9.17. The fourth-order valence-corrected chi connectivity index (χ4v) is 5.13. The number of fused-ring (bicyclic) bond motifs is 1. The maximum absolute atomic E-state index is 13.7. The molecule has 0 radical (unpaired) electrons. The zero-order chi connectivity index (χ0) is 21.8. The second-order valence-corrected chi connectivity index (χ2v) is 9.17. The predicted molar refractivity (Wildman–Crippen MR) is 126 cm³/mol. The standard InChI is InChI=1S/C27H33FN2O2/c28-23-8-6-21(7-9-23)27-22(19-30-14-4-5-15-30)20-32-26-11-10-24(18-25(26)27)31-17-16-29-12-2-1-3-13-29/h6-11,18H,1-5,12-17,19-20H2. The van der Waals surface area contributed by atoms with Gasteiger partial charge in [-0.25, -0.2) is 4.39 Å². The molecule has 2 aromatic carbocycles. The van der Waals surface area contributed by atoms with E-state index in [0.29, 0.717) is 13.2 Å². The summed E-state index contributed by atoms with van der Waals surface area (Å²) in [6.45, 7) is 7.75. The molecule has 0 amide bonds. The van der Waals surface area contributed by atoms with Gasteiger partial charge in [0.25, 0.3) is 0 Å². The van der Waals surface area contributed by atoms with Crippen LogP contribution in [0.4, 0.5) is 4.39 Å². The number of hydrogen-bond donors (Lipinski definition) is 0. The van der Waals surface area contributed by atoms with E-state index < -0.39 is 0 Å². The van der Waals surface area contributed by atoms with Gasteiger partial charge in [-0.1, -0.05) is 18.6 Å². The first-order chi connectivity index (χ1) is 15.8. The minimum absolute atomic E-state index is 0.211. The third kappa shape index (κ3) is 5.00. The lowest BCUT2D eigenvalue weighted by molar-refractivity contribution is 0.183. The van der Waals surface area contributed by atoms with Gasteiger partial charge in [0, 0.05) is 18.7 Å². The van der Waals surface area contributed by atoms with Crippen molar-refractivity contribution >= 4 is 5.57 Å². The third-order valence-corrected chi connectivity index (χ3v) is 6.85. The van der Waals surface area contributed by atoms with Crippen molar-refractivity contribution in [2.75, 3.05) is 52.5 Å². The van der Waals surface area contributed by atoms with E-state index in [9.17, 15) is 4.39 Å². The van der Waals surface area contributed by atoms with Crippen molar-refractivity contribution in [3.05, 3.63) is 65.0 Å². The highest BCUT2D eigenvalue weighted by atomic mass is 19.1. The number of nitrogens with zero attached hydrogens (tertiary/aromatic N) is 2. The van der Waals surface area contributed by atoms with E-state index in [1.165, 1.54) is 56.3 Å². The average Bonchev–Trinajstić information content (AvgIpc) is 3.34. The molecule has 0 spiro atoms. The largest absolute Gasteiger partial charge is 0.492 e. The molecule has 0 bridgehead atoms. The molecule has 3 aliphatic heterocycles. The summed E-state index contributed by atoms with van der Waals surface area (Å²) >= 11 is 0. The van der Waals surface area contributed by atoms with E-state index in [4.69, 9.17) is 9.47 Å². The molecule has 0 N–H and O–H groups in total. The van der Waals surface area contributed by atoms with Crippen molar-refractivity contribution in [3.63, 3.8) is 0 Å². The summed E-state index contributed by atoms with van der Waals surface area (Å²) in [6, 6.07) is 13.0. The molecule has 32 heavy (non-hydrogen) atoms. The Balaban J connectivity index is 1.40. The van der Waals surface area contributed by atoms with Gasteiger partial charge in [-0.2, -0.15) is 0 Å². The Morgan fingerprint density at radius 1 is 0.844 bits per heavy atom. The summed E-state index contributed by atoms with van der Waals surface area (Å²) in [5, 5.41) is 0. The van der Waals surface area contributed by atoms with Gasteiger partial charge in [0.05, 0.1) is 0 Å². The molecule has 4 nitrogen and oxygen atoms in total. The van der Waals surface area contributed by atoms with Crippen molar-refractivity contribution in [2.45, 2.75) is 32.1 Å². The fraction of sp³-hybridized carbons (Fsp3) is 0.481. The first kappa shape index (κ1) is 21.5. The van der Waals surface area contributed by atoms with E-state index in [1.807, 2.05) is 24.3 Å². The van der Waals surface area contributed by atoms with Crippen molar-refractivity contribution in [1.82, 2.24) is 9.80 Å². The van der Waals surface area contributed by atoms with E-state index in [2.05, 4.69) is 15.9 Å². The maximum atomic E-state index is 13.7. The van der Waals surface area contributed by atoms with E-state index in [1.54, 1.807) is 12.1 Å². The first-order valence-corrected chi connectivity index (χ1v) is 12.1. The molecule has 3 aliphatic rings. The van der Waals surface area contributed by atoms with Gasteiger partial charge in [-0.3, -0.25) is 9.80 Å². The lowest BCUT2D eigenvalue weighted by Crippen LogP contribution is -2.33. The first-order valence-electron chi connectivity index (χ1n) is 12.1. The summed E-state index contributed by atoms with van der Waals surface area (Å²) in [7, 11) is 0. The number of benzene rings is 2. The highest BCUT2D eigenvalue weighted by Gasteiger charge is 2.25. The molecule has 5 heteroatoms. The minimum Gasteiger partial charge on any atom is -0.492 e. The van der Waals surface area contributed by atoms with Crippen LogP contribution in [-0.4, -0.2) is 62.3 Å². The Labute approximate surface area is 190 Å². The lowest BCUT2D eigenvalue weighted by atomic mass is 9.90. The van der Waals surface area contributed by atoms with Crippen LogP contribution in [0.15, 0.2) is 48.0 Å². The molecule has 2 aromatic rings. The number of piperidine rings is 1. The molecule has 0 saturated carbocycles. The van der Waals surface area contributed by atoms with Crippen molar-refractivity contribution in [1.29, 1.82) is 0 Å². The molecule has 3 heterocycles. The molecule has 5 rings (SSSR count). The van der Waals surface area contributed by atoms with Gasteiger partial charge in [-0.05, 0) is 98.9 Å². The molecule has 170 valence electrons. The SMILES string of the molecule is Fc1ccc(C2=C(CN3CCCC3)COc3ccc(OCCN4CCCCC4)cc32)cc1. The van der Waals surface area contributed by atoms with Crippen LogP contribution in [0.3, 0.4) is 0 Å². The Bertz CT molecular complexity index is 945. The number of halogens is 1. The molecular weight excluding hydrogens is 403 g/mol. The quantitative estimate of drug-likeness (QED) is 0.611. The van der Waals surface area contributed by atoms with Crippen LogP contribution in [0.1, 0.15) is 43.2 Å². The molecular formula is C27H33FN2O2. The summed E-state index contributed by atoms with van der Waals surface area (Å²) in [5.74, 6) is 1.53. The number of rotatable bonds is 7. The normalized spacial score (nSPS) is 19.7. The van der Waals surface area contributed by atoms with E-state index in [-0.39, 0.29) is 5.82 Å². The summed E-state index contributed by atoms with van der Waals surface area (Å²) in [4.78, 5) is 4.98. The summed E-state index contributed by atoms with van der Waals surface area (Å²) < 4.78 is 26.0. The minimum atomic E-state index is -0.211. The Hall–Kier alpha value is -2.37. The van der Waals surface area contributed by atoms with Crippen LogP contribution < -0.4 is 9.47 Å². The maximum Gasteiger partial charge on any atom is 0.127 e. The van der Waals surface area contributed by atoms with Crippen molar-refractivity contribution < 1.29 is 13.9 Å². The van der Waals surface area contributed by atoms with Gasteiger partial charge in [0.1, 0.15) is 30.5 Å². The zero-order valence-electron chi connectivity index (χ0n) is 18.8. The van der Waals surface area contributed by atoms with Gasteiger partial charge in [0.2, 0.25) is 0 Å². The molecule has 2 fully saturated rings. The van der Waals surface area contributed by atoms with Crippen LogP contribution in [0.5, 0.6) is 11.5 Å². The molecule has 0 unspecified atom stereocenters. The van der Waals surface area contributed by atoms with Gasteiger partial charge in [-0.15, -0.1) is 0 Å². The molecule has 2 saturated heterocycles. The lowest BCUT2D eigenvalue weighted by Gasteiger charge is -2.28. The fourth-order valence-electron chi connectivity index (χ4n) is 5.13. The zero-order valence-corrected chi connectivity index (χ0v) is 18.8. The second kappa shape index (κ2) is 10.1. The van der Waals surface area contributed by atoms with Crippen molar-refractivity contribution in [3.8, 4) is 11.5 Å². The molecule has 0 atom stereocenters. The Morgan fingerprint density at radius 2 is 1.56 bits per heavy atom. The highest BCUT2D eigenvalue weighted by Crippen LogP contribution is 2.40. The Kier molecular flexibility index (Phi) is 6.75. The van der Waals surface area contributed by atoms with E-state index in [0.717, 1.165) is 48.8 Å². The highest BCUT2D eigenvalue weighted by molar-refractivity contribution is 5.87. The monoisotopic (exact) mass is 436 g/mol.